The second kappa shape index (κ2) is 4.50. The Morgan fingerprint density at radius 2 is 2.08 bits per heavy atom. The summed E-state index contributed by atoms with van der Waals surface area (Å²) < 4.78 is 0.719. The van der Waals surface area contributed by atoms with E-state index in [4.69, 9.17) is 33.3 Å². The molecule has 1 nitrogen and oxygen atoms in total. The van der Waals surface area contributed by atoms with Crippen molar-refractivity contribution >= 4 is 57.0 Å². The van der Waals surface area contributed by atoms with Gasteiger partial charge in [0, 0.05) is 0 Å². The molecule has 0 N–H and O–H groups in total. The van der Waals surface area contributed by atoms with E-state index in [9.17, 15) is 4.79 Å². The average molecular weight is 288 g/mol. The Labute approximate surface area is 90.4 Å². The Morgan fingerprint density at radius 1 is 1.42 bits per heavy atom. The molecule has 12 heavy (non-hydrogen) atoms. The van der Waals surface area contributed by atoms with Crippen molar-refractivity contribution in [3.63, 3.8) is 0 Å². The first-order valence-electron chi connectivity index (χ1n) is 2.93. The van der Waals surface area contributed by atoms with Gasteiger partial charge in [0.05, 0.1) is 0 Å². The molecule has 0 atom stereocenters. The first kappa shape index (κ1) is 10.4. The molecule has 5 heteroatoms. The fraction of sp³-hybridized carbons (Fsp3) is 0. The van der Waals surface area contributed by atoms with Crippen molar-refractivity contribution in [1.29, 1.82) is 0 Å². The quantitative estimate of drug-likeness (QED) is 0.602. The molecule has 0 saturated heterocycles. The van der Waals surface area contributed by atoms with Crippen molar-refractivity contribution in [1.82, 2.24) is 0 Å². The van der Waals surface area contributed by atoms with Crippen LogP contribution in [0.2, 0.25) is 5.02 Å². The van der Waals surface area contributed by atoms with Gasteiger partial charge >= 0.3 is 90.6 Å². The van der Waals surface area contributed by atoms with E-state index in [0.717, 1.165) is 4.46 Å². The molecule has 0 aliphatic rings. The Bertz CT molecular complexity index is 314. The molecule has 0 saturated carbocycles. The second-order valence-electron chi connectivity index (χ2n) is 1.99. The Kier molecular flexibility index (Phi) is 3.88. The van der Waals surface area contributed by atoms with Crippen LogP contribution < -0.4 is 4.46 Å². The molecule has 0 aromatic heterocycles. The van der Waals surface area contributed by atoms with Gasteiger partial charge in [-0.15, -0.1) is 0 Å². The van der Waals surface area contributed by atoms with Crippen LogP contribution in [0.3, 0.4) is 0 Å². The standard InChI is InChI=1S/C7H3Cl3OSe/c8-4-1-2-5(7(9)11)6(3-4)12-10/h1-3H. The summed E-state index contributed by atoms with van der Waals surface area (Å²) >= 11 is 10.7. The molecule has 1 aromatic carbocycles. The van der Waals surface area contributed by atoms with Gasteiger partial charge in [-0.2, -0.15) is 0 Å². The van der Waals surface area contributed by atoms with Crippen LogP contribution in [0.15, 0.2) is 18.2 Å². The summed E-state index contributed by atoms with van der Waals surface area (Å²) in [6, 6.07) is 4.85. The molecule has 0 aliphatic heterocycles. The predicted molar refractivity (Wildman–Crippen MR) is 52.9 cm³/mol. The van der Waals surface area contributed by atoms with Crippen molar-refractivity contribution in [2.24, 2.45) is 0 Å². The SMILES string of the molecule is O=C(Cl)c1ccc(Cl)cc1[Se]Cl. The van der Waals surface area contributed by atoms with Crippen molar-refractivity contribution in [3.8, 4) is 0 Å². The number of carbonyl (C=O) groups excluding carboxylic acids is 1. The summed E-state index contributed by atoms with van der Waals surface area (Å²) in [5, 5.41) is 0.0679. The summed E-state index contributed by atoms with van der Waals surface area (Å²) in [6.07, 6.45) is 0. The number of rotatable bonds is 2. The van der Waals surface area contributed by atoms with Gasteiger partial charge in [-0.1, -0.05) is 0 Å². The molecule has 0 spiro atoms. The third-order valence-corrected chi connectivity index (χ3v) is 3.60. The van der Waals surface area contributed by atoms with E-state index < -0.39 is 5.24 Å². The van der Waals surface area contributed by atoms with Crippen molar-refractivity contribution < 1.29 is 4.79 Å². The average Bonchev–Trinajstić information content (AvgIpc) is 2.03. The minimum atomic E-state index is -0.496. The first-order valence-corrected chi connectivity index (χ1v) is 6.79. The molecular formula is C7H3Cl3OSe. The van der Waals surface area contributed by atoms with E-state index in [1.165, 1.54) is 0 Å². The number of benzene rings is 1. The molecule has 64 valence electrons. The third kappa shape index (κ3) is 2.38. The summed E-state index contributed by atoms with van der Waals surface area (Å²) in [6.45, 7) is 0. The molecule has 1 aromatic rings. The fourth-order valence-electron chi connectivity index (χ4n) is 0.722. The van der Waals surface area contributed by atoms with Crippen LogP contribution in [-0.2, 0) is 0 Å². The fourth-order valence-corrected chi connectivity index (χ4v) is 2.87. The summed E-state index contributed by atoms with van der Waals surface area (Å²) in [7, 11) is 5.64. The Morgan fingerprint density at radius 3 is 2.58 bits per heavy atom. The number of carbonyl (C=O) groups is 1. The Balaban J connectivity index is 3.20. The minimum absolute atomic E-state index is 0.287. The van der Waals surface area contributed by atoms with Crippen LogP contribution in [0, 0.1) is 0 Å². The summed E-state index contributed by atoms with van der Waals surface area (Å²) in [5.41, 5.74) is 0.441. The summed E-state index contributed by atoms with van der Waals surface area (Å²) in [4.78, 5) is 10.8. The molecule has 0 fully saturated rings. The zero-order chi connectivity index (χ0) is 9.14. The maximum absolute atomic E-state index is 10.8. The van der Waals surface area contributed by atoms with Crippen molar-refractivity contribution in [2.45, 2.75) is 0 Å². The van der Waals surface area contributed by atoms with Gasteiger partial charge in [-0.25, -0.2) is 0 Å². The zero-order valence-corrected chi connectivity index (χ0v) is 9.66. The van der Waals surface area contributed by atoms with Crippen molar-refractivity contribution in [2.75, 3.05) is 0 Å². The zero-order valence-electron chi connectivity index (χ0n) is 5.68. The van der Waals surface area contributed by atoms with Gasteiger partial charge in [0.1, 0.15) is 0 Å². The molecule has 0 heterocycles. The van der Waals surface area contributed by atoms with E-state index in [0.29, 0.717) is 10.6 Å². The van der Waals surface area contributed by atoms with E-state index >= 15 is 0 Å². The second-order valence-corrected chi connectivity index (χ2v) is 4.82. The van der Waals surface area contributed by atoms with Gasteiger partial charge in [0.15, 0.2) is 0 Å². The van der Waals surface area contributed by atoms with Crippen molar-refractivity contribution in [3.05, 3.63) is 28.8 Å². The monoisotopic (exact) mass is 288 g/mol. The Hall–Kier alpha value is 0.279. The van der Waals surface area contributed by atoms with Gasteiger partial charge < -0.3 is 0 Å². The van der Waals surface area contributed by atoms with Gasteiger partial charge in [0.25, 0.3) is 0 Å². The summed E-state index contributed by atoms with van der Waals surface area (Å²) in [5.74, 6) is 0. The number of hydrogen-bond donors (Lipinski definition) is 0. The van der Waals surface area contributed by atoms with Crippen LogP contribution in [0.5, 0.6) is 0 Å². The first-order chi connectivity index (χ1) is 5.65. The van der Waals surface area contributed by atoms with Gasteiger partial charge in [0.2, 0.25) is 0 Å². The maximum atomic E-state index is 10.8. The van der Waals surface area contributed by atoms with E-state index in [1.807, 2.05) is 0 Å². The van der Waals surface area contributed by atoms with Crippen LogP contribution in [0.4, 0.5) is 0 Å². The molecule has 0 unspecified atom stereocenters. The van der Waals surface area contributed by atoms with E-state index in [2.05, 4.69) is 0 Å². The normalized spacial score (nSPS) is 9.92. The van der Waals surface area contributed by atoms with Crippen LogP contribution in [0.1, 0.15) is 10.4 Å². The van der Waals surface area contributed by atoms with E-state index in [-0.39, 0.29) is 14.0 Å². The topological polar surface area (TPSA) is 17.1 Å². The van der Waals surface area contributed by atoms with Crippen LogP contribution in [-0.4, -0.2) is 19.3 Å². The molecule has 0 radical (unpaired) electrons. The number of halogens is 3. The molecule has 0 aliphatic carbocycles. The molecule has 0 amide bonds. The van der Waals surface area contributed by atoms with Crippen LogP contribution >= 0.6 is 33.3 Å². The van der Waals surface area contributed by atoms with Crippen LogP contribution in [0.25, 0.3) is 0 Å². The van der Waals surface area contributed by atoms with Gasteiger partial charge in [-0.05, 0) is 0 Å². The third-order valence-electron chi connectivity index (χ3n) is 1.24. The van der Waals surface area contributed by atoms with E-state index in [1.54, 1.807) is 18.2 Å². The molecular weight excluding hydrogens is 285 g/mol. The predicted octanol–water partition coefficient (Wildman–Crippen LogP) is 2.20. The van der Waals surface area contributed by atoms with Gasteiger partial charge in [-0.3, -0.25) is 0 Å². The number of hydrogen-bond acceptors (Lipinski definition) is 1. The molecule has 1 rings (SSSR count). The molecule has 0 bridgehead atoms.